The molecule has 0 radical (unpaired) electrons. The van der Waals surface area contributed by atoms with Crippen LogP contribution in [0.2, 0.25) is 0 Å². The van der Waals surface area contributed by atoms with E-state index >= 15 is 0 Å². The van der Waals surface area contributed by atoms with Crippen molar-refractivity contribution in [2.45, 2.75) is 39.5 Å². The minimum absolute atomic E-state index is 0.0345. The van der Waals surface area contributed by atoms with E-state index in [-0.39, 0.29) is 31.3 Å². The lowest BCUT2D eigenvalue weighted by Crippen LogP contribution is -2.41. The number of carbonyl (C=O) groups is 3. The summed E-state index contributed by atoms with van der Waals surface area (Å²) in [5.74, 6) is -2.73. The van der Waals surface area contributed by atoms with Gasteiger partial charge >= 0.3 is 17.9 Å². The van der Waals surface area contributed by atoms with Crippen LogP contribution in [0.5, 0.6) is 0 Å². The zero-order chi connectivity index (χ0) is 25.3. The Labute approximate surface area is 206 Å². The molecule has 9 heteroatoms. The van der Waals surface area contributed by atoms with E-state index in [4.69, 9.17) is 12.2 Å². The van der Waals surface area contributed by atoms with Crippen molar-refractivity contribution < 1.29 is 29.7 Å². The van der Waals surface area contributed by atoms with Crippen molar-refractivity contribution >= 4 is 35.0 Å². The van der Waals surface area contributed by atoms with Gasteiger partial charge in [0.1, 0.15) is 0 Å². The molecule has 0 amide bonds. The molecule has 0 bridgehead atoms. The fraction of sp³-hybridized carbons (Fsp3) is 0.600. The Hall–Kier alpha value is -2.36. The molecule has 2 unspecified atom stereocenters. The molecule has 1 aromatic rings. The van der Waals surface area contributed by atoms with Gasteiger partial charge in [-0.25, -0.2) is 0 Å². The first-order chi connectivity index (χ1) is 16.0. The SMILES string of the molecule is CC(C)C(=S)Cc1ccc(CC2CN(CC(=O)O)CCN(CC(=O)O)CCC2CC(=O)O)cc1. The molecule has 0 aromatic heterocycles. The fourth-order valence-electron chi connectivity index (χ4n) is 4.46. The third-order valence-electron chi connectivity index (χ3n) is 6.41. The van der Waals surface area contributed by atoms with Gasteiger partial charge < -0.3 is 15.3 Å². The first-order valence-corrected chi connectivity index (χ1v) is 12.1. The summed E-state index contributed by atoms with van der Waals surface area (Å²) in [5.41, 5.74) is 2.20. The van der Waals surface area contributed by atoms with Crippen molar-refractivity contribution in [3.8, 4) is 0 Å². The van der Waals surface area contributed by atoms with Gasteiger partial charge in [0, 0.05) is 32.5 Å². The van der Waals surface area contributed by atoms with Crippen molar-refractivity contribution in [3.05, 3.63) is 35.4 Å². The van der Waals surface area contributed by atoms with Gasteiger partial charge in [-0.2, -0.15) is 0 Å². The van der Waals surface area contributed by atoms with Crippen LogP contribution < -0.4 is 0 Å². The van der Waals surface area contributed by atoms with E-state index in [1.54, 1.807) is 9.80 Å². The molecule has 1 aromatic carbocycles. The third kappa shape index (κ3) is 9.87. The number of aliphatic carboxylic acids is 3. The second kappa shape index (κ2) is 13.5. The van der Waals surface area contributed by atoms with Crippen molar-refractivity contribution in [1.29, 1.82) is 0 Å². The maximum atomic E-state index is 11.6. The minimum Gasteiger partial charge on any atom is -0.481 e. The molecule has 188 valence electrons. The molecule has 1 aliphatic heterocycles. The number of hydrogen-bond acceptors (Lipinski definition) is 6. The summed E-state index contributed by atoms with van der Waals surface area (Å²) >= 11 is 5.45. The largest absolute Gasteiger partial charge is 0.481 e. The number of nitrogens with zero attached hydrogens (tertiary/aromatic N) is 2. The summed E-state index contributed by atoms with van der Waals surface area (Å²) in [4.78, 5) is 38.9. The Morgan fingerprint density at radius 1 is 0.882 bits per heavy atom. The van der Waals surface area contributed by atoms with Crippen molar-refractivity contribution in [2.75, 3.05) is 39.3 Å². The van der Waals surface area contributed by atoms with Crippen LogP contribution in [0.3, 0.4) is 0 Å². The molecule has 1 heterocycles. The van der Waals surface area contributed by atoms with Crippen molar-refractivity contribution in [3.63, 3.8) is 0 Å². The van der Waals surface area contributed by atoms with Crippen molar-refractivity contribution in [1.82, 2.24) is 9.80 Å². The van der Waals surface area contributed by atoms with Crippen LogP contribution in [-0.2, 0) is 27.2 Å². The summed E-state index contributed by atoms with van der Waals surface area (Å²) < 4.78 is 0. The molecule has 0 saturated carbocycles. The summed E-state index contributed by atoms with van der Waals surface area (Å²) in [6.07, 6.45) is 1.88. The van der Waals surface area contributed by atoms with E-state index in [0.717, 1.165) is 22.4 Å². The van der Waals surface area contributed by atoms with Crippen LogP contribution in [0.1, 0.15) is 37.8 Å². The van der Waals surface area contributed by atoms with Crippen molar-refractivity contribution in [2.24, 2.45) is 17.8 Å². The predicted octanol–water partition coefficient (Wildman–Crippen LogP) is 2.68. The second-order valence-corrected chi connectivity index (χ2v) is 10.0. The fourth-order valence-corrected chi connectivity index (χ4v) is 4.63. The van der Waals surface area contributed by atoms with Crippen LogP contribution in [0.4, 0.5) is 0 Å². The number of rotatable bonds is 11. The normalized spacial score (nSPS) is 20.3. The highest BCUT2D eigenvalue weighted by molar-refractivity contribution is 7.80. The zero-order valence-electron chi connectivity index (χ0n) is 20.0. The first kappa shape index (κ1) is 27.9. The van der Waals surface area contributed by atoms with Gasteiger partial charge in [-0.15, -0.1) is 0 Å². The number of benzene rings is 1. The summed E-state index contributed by atoms with van der Waals surface area (Å²) in [6.45, 7) is 5.61. The van der Waals surface area contributed by atoms with Gasteiger partial charge in [0.15, 0.2) is 0 Å². The maximum absolute atomic E-state index is 11.6. The average molecular weight is 493 g/mol. The molecule has 0 spiro atoms. The van der Waals surface area contributed by atoms with E-state index in [1.165, 1.54) is 0 Å². The highest BCUT2D eigenvalue weighted by Crippen LogP contribution is 2.27. The predicted molar refractivity (Wildman–Crippen MR) is 133 cm³/mol. The number of carboxylic acids is 3. The lowest BCUT2D eigenvalue weighted by atomic mass is 9.82. The molecule has 34 heavy (non-hydrogen) atoms. The topological polar surface area (TPSA) is 118 Å². The Bertz CT molecular complexity index is 857. The van der Waals surface area contributed by atoms with Crippen LogP contribution >= 0.6 is 12.2 Å². The molecule has 0 aliphatic carbocycles. The van der Waals surface area contributed by atoms with Gasteiger partial charge in [-0.05, 0) is 53.1 Å². The second-order valence-electron chi connectivity index (χ2n) is 9.52. The van der Waals surface area contributed by atoms with Gasteiger partial charge in [0.2, 0.25) is 0 Å². The van der Waals surface area contributed by atoms with E-state index in [0.29, 0.717) is 44.9 Å². The Balaban J connectivity index is 2.24. The van der Waals surface area contributed by atoms with E-state index < -0.39 is 17.9 Å². The molecule has 1 aliphatic rings. The molecule has 8 nitrogen and oxygen atoms in total. The molecular formula is C25H36N2O6S. The highest BCUT2D eigenvalue weighted by Gasteiger charge is 2.29. The first-order valence-electron chi connectivity index (χ1n) is 11.7. The molecule has 3 N–H and O–H groups in total. The van der Waals surface area contributed by atoms with Crippen LogP contribution in [0.25, 0.3) is 0 Å². The monoisotopic (exact) mass is 492 g/mol. The Morgan fingerprint density at radius 2 is 1.44 bits per heavy atom. The zero-order valence-corrected chi connectivity index (χ0v) is 20.8. The molecule has 2 atom stereocenters. The van der Waals surface area contributed by atoms with Gasteiger partial charge in [-0.3, -0.25) is 24.2 Å². The number of thiocarbonyl (C=S) groups is 1. The van der Waals surface area contributed by atoms with Crippen LogP contribution in [0.15, 0.2) is 24.3 Å². The molecule has 1 fully saturated rings. The summed E-state index contributed by atoms with van der Waals surface area (Å²) in [5, 5.41) is 28.1. The van der Waals surface area contributed by atoms with E-state index in [2.05, 4.69) is 26.0 Å². The smallest absolute Gasteiger partial charge is 0.317 e. The molecule has 2 rings (SSSR count). The number of carboxylic acid groups (broad SMARTS) is 3. The third-order valence-corrected chi connectivity index (χ3v) is 7.02. The van der Waals surface area contributed by atoms with Gasteiger partial charge in [0.25, 0.3) is 0 Å². The minimum atomic E-state index is -0.956. The lowest BCUT2D eigenvalue weighted by Gasteiger charge is -2.30. The number of hydrogen-bond donors (Lipinski definition) is 3. The Kier molecular flexibility index (Phi) is 11.1. The summed E-state index contributed by atoms with van der Waals surface area (Å²) in [6, 6.07) is 8.19. The standard InChI is InChI=1S/C25H36N2O6S/c1-17(2)22(34)12-19-5-3-18(4-6-19)11-21-14-27(16-25(32)33)10-9-26(15-24(30)31)8-7-20(21)13-23(28)29/h3-6,17,20-21H,7-16H2,1-2H3,(H,28,29)(H,30,31)(H,32,33). The average Bonchev–Trinajstić information content (AvgIpc) is 2.80. The maximum Gasteiger partial charge on any atom is 0.317 e. The molecular weight excluding hydrogens is 456 g/mol. The highest BCUT2D eigenvalue weighted by atomic mass is 32.1. The van der Waals surface area contributed by atoms with Gasteiger partial charge in [-0.1, -0.05) is 50.3 Å². The quantitative estimate of drug-likeness (QED) is 0.401. The van der Waals surface area contributed by atoms with Crippen LogP contribution in [-0.4, -0.2) is 87.2 Å². The van der Waals surface area contributed by atoms with E-state index in [9.17, 15) is 29.7 Å². The van der Waals surface area contributed by atoms with Crippen LogP contribution in [0, 0.1) is 17.8 Å². The Morgan fingerprint density at radius 3 is 2.00 bits per heavy atom. The van der Waals surface area contributed by atoms with E-state index in [1.807, 2.05) is 12.1 Å². The molecule has 1 saturated heterocycles. The summed E-state index contributed by atoms with van der Waals surface area (Å²) in [7, 11) is 0. The lowest BCUT2D eigenvalue weighted by molar-refractivity contribution is -0.140. The van der Waals surface area contributed by atoms with Gasteiger partial charge in [0.05, 0.1) is 13.1 Å².